The monoisotopic (exact) mass is 776 g/mol. The molecule has 0 saturated heterocycles. The van der Waals surface area contributed by atoms with Crippen LogP contribution in [0, 0.1) is 0 Å². The Labute approximate surface area is 329 Å². The molecule has 4 aromatic carbocycles. The zero-order valence-electron chi connectivity index (χ0n) is 30.3. The quantitative estimate of drug-likeness (QED) is 0.0303. The number of carbonyl (C=O) groups excluding carboxylic acids is 4. The van der Waals surface area contributed by atoms with E-state index in [4.69, 9.17) is 24.4 Å². The van der Waals surface area contributed by atoms with Gasteiger partial charge in [-0.3, -0.25) is 0 Å². The minimum Gasteiger partial charge on any atom is -0.362 e. The number of amides is 4. The summed E-state index contributed by atoms with van der Waals surface area (Å²) >= 11 is 11.1. The highest BCUT2D eigenvalue weighted by Gasteiger charge is 2.20. The van der Waals surface area contributed by atoms with Crippen molar-refractivity contribution in [3.63, 3.8) is 0 Å². The lowest BCUT2D eigenvalue weighted by atomic mass is 10.1. The van der Waals surface area contributed by atoms with Gasteiger partial charge in [0.2, 0.25) is 12.2 Å². The van der Waals surface area contributed by atoms with E-state index in [1.807, 2.05) is 12.1 Å². The average molecular weight is 777 g/mol. The summed E-state index contributed by atoms with van der Waals surface area (Å²) in [6.45, 7) is 2.14. The number of nitrogens with one attached hydrogen (secondary N) is 6. The minimum atomic E-state index is -0.275. The average Bonchev–Trinajstić information content (AvgIpc) is 3.52. The number of isocyanates is 2. The Morgan fingerprint density at radius 3 is 1.45 bits per heavy atom. The van der Waals surface area contributed by atoms with Gasteiger partial charge >= 0.3 is 12.1 Å². The summed E-state index contributed by atoms with van der Waals surface area (Å²) in [5, 5.41) is 19.5. The fourth-order valence-corrected chi connectivity index (χ4v) is 6.25. The van der Waals surface area contributed by atoms with E-state index in [0.29, 0.717) is 72.0 Å². The molecule has 1 aliphatic carbocycles. The molecule has 16 heteroatoms. The third kappa shape index (κ3) is 11.8. The van der Waals surface area contributed by atoms with Crippen LogP contribution >= 0.6 is 24.4 Å². The number of fused-ring (bicyclic) bond motifs is 3. The first-order chi connectivity index (χ1) is 26.6. The second-order valence-electron chi connectivity index (χ2n) is 12.6. The molecule has 0 spiro atoms. The third-order valence-corrected chi connectivity index (χ3v) is 9.04. The van der Waals surface area contributed by atoms with Crippen LogP contribution < -0.4 is 31.9 Å². The third-order valence-electron chi connectivity index (χ3n) is 8.55. The van der Waals surface area contributed by atoms with Crippen LogP contribution in [0.2, 0.25) is 0 Å². The first-order valence-electron chi connectivity index (χ1n) is 17.4. The fraction of sp³-hybridized carbons (Fsp3) is 0.231. The number of urea groups is 2. The summed E-state index contributed by atoms with van der Waals surface area (Å²) in [4.78, 5) is 56.4. The van der Waals surface area contributed by atoms with Crippen molar-refractivity contribution in [3.05, 3.63) is 96.1 Å². The molecule has 0 atom stereocenters. The number of hydrogen-bond acceptors (Lipinski definition) is 8. The van der Waals surface area contributed by atoms with E-state index >= 15 is 0 Å². The fourth-order valence-electron chi connectivity index (χ4n) is 5.81. The molecule has 6 N–H and O–H groups in total. The molecule has 14 nitrogen and oxygen atoms in total. The molecule has 4 aromatic rings. The maximum absolute atomic E-state index is 12.6. The normalized spacial score (nSPS) is 10.7. The second kappa shape index (κ2) is 19.6. The van der Waals surface area contributed by atoms with E-state index in [0.717, 1.165) is 17.8 Å². The van der Waals surface area contributed by atoms with Gasteiger partial charge in [-0.05, 0) is 127 Å². The van der Waals surface area contributed by atoms with Crippen molar-refractivity contribution in [2.24, 2.45) is 9.98 Å². The maximum atomic E-state index is 12.6. The lowest BCUT2D eigenvalue weighted by Crippen LogP contribution is -2.35. The zero-order valence-corrected chi connectivity index (χ0v) is 31.9. The van der Waals surface area contributed by atoms with Gasteiger partial charge in [-0.25, -0.2) is 19.2 Å². The number of hydrogen-bond donors (Lipinski definition) is 6. The van der Waals surface area contributed by atoms with Gasteiger partial charge < -0.3 is 41.7 Å². The van der Waals surface area contributed by atoms with Gasteiger partial charge in [0.15, 0.2) is 10.2 Å². The van der Waals surface area contributed by atoms with Crippen molar-refractivity contribution in [1.29, 1.82) is 0 Å². The molecule has 0 fully saturated rings. The van der Waals surface area contributed by atoms with Crippen LogP contribution in [0.5, 0.6) is 0 Å². The molecule has 1 aliphatic rings. The van der Waals surface area contributed by atoms with Crippen molar-refractivity contribution in [2.75, 3.05) is 61.5 Å². The van der Waals surface area contributed by atoms with E-state index in [1.54, 1.807) is 72.4 Å². The van der Waals surface area contributed by atoms with Crippen molar-refractivity contribution < 1.29 is 19.2 Å². The van der Waals surface area contributed by atoms with E-state index < -0.39 is 0 Å². The smallest absolute Gasteiger partial charge is 0.321 e. The topological polar surface area (TPSA) is 172 Å². The number of nitrogens with zero attached hydrogens (tertiary/aromatic N) is 4. The van der Waals surface area contributed by atoms with Gasteiger partial charge in [0.05, 0.1) is 11.4 Å². The molecule has 282 valence electrons. The number of anilines is 4. The van der Waals surface area contributed by atoms with Crippen LogP contribution in [-0.2, 0) is 16.0 Å². The largest absolute Gasteiger partial charge is 0.362 e. The van der Waals surface area contributed by atoms with Crippen molar-refractivity contribution in [2.45, 2.75) is 19.3 Å². The molecule has 0 radical (unpaired) electrons. The summed E-state index contributed by atoms with van der Waals surface area (Å²) < 4.78 is 0. The van der Waals surface area contributed by atoms with Crippen LogP contribution in [0.3, 0.4) is 0 Å². The van der Waals surface area contributed by atoms with Crippen LogP contribution in [-0.4, -0.2) is 84.5 Å². The molecule has 0 heterocycles. The Morgan fingerprint density at radius 1 is 0.618 bits per heavy atom. The molecule has 0 aromatic heterocycles. The highest BCUT2D eigenvalue weighted by Crippen LogP contribution is 2.39. The van der Waals surface area contributed by atoms with Gasteiger partial charge in [-0.1, -0.05) is 24.3 Å². The predicted octanol–water partition coefficient (Wildman–Crippen LogP) is 6.87. The Hall–Kier alpha value is -6.44. The number of thiocarbonyl (C=S) groups is 2. The highest BCUT2D eigenvalue weighted by molar-refractivity contribution is 7.80. The Balaban J connectivity index is 0.998. The van der Waals surface area contributed by atoms with Gasteiger partial charge in [0.25, 0.3) is 0 Å². The second-order valence-corrected chi connectivity index (χ2v) is 13.4. The Kier molecular flexibility index (Phi) is 14.2. The molecule has 0 saturated carbocycles. The Morgan fingerprint density at radius 2 is 1.04 bits per heavy atom. The summed E-state index contributed by atoms with van der Waals surface area (Å²) in [6.07, 6.45) is 5.09. The van der Waals surface area contributed by atoms with Gasteiger partial charge in [-0.2, -0.15) is 9.98 Å². The number of benzene rings is 4. The van der Waals surface area contributed by atoms with Crippen LogP contribution in [0.25, 0.3) is 11.1 Å². The molecule has 55 heavy (non-hydrogen) atoms. The first kappa shape index (κ1) is 39.8. The summed E-state index contributed by atoms with van der Waals surface area (Å²) in [5.74, 6) is 0. The summed E-state index contributed by atoms with van der Waals surface area (Å²) in [5.41, 5.74) is 8.39. The maximum Gasteiger partial charge on any atom is 0.321 e. The lowest BCUT2D eigenvalue weighted by molar-refractivity contribution is 0.221. The first-order valence-corrected chi connectivity index (χ1v) is 18.2. The van der Waals surface area contributed by atoms with E-state index in [1.165, 1.54) is 34.4 Å². The SMILES string of the molecule is CN(CCCNC(=S)Nc1ccc2c(c1)Cc1cc(NC(=S)NCCCN(C)C(=O)Nc3cccc(N=C=O)c3)ccc1-2)C(=O)Nc1cccc(N=C=O)c1. The van der Waals surface area contributed by atoms with E-state index in [2.05, 4.69) is 66.2 Å². The minimum absolute atomic E-state index is 0.275. The summed E-state index contributed by atoms with van der Waals surface area (Å²) in [6, 6.07) is 25.2. The van der Waals surface area contributed by atoms with Gasteiger partial charge in [0.1, 0.15) is 0 Å². The summed E-state index contributed by atoms with van der Waals surface area (Å²) in [7, 11) is 3.41. The molecule has 0 unspecified atom stereocenters. The van der Waals surface area contributed by atoms with E-state index in [9.17, 15) is 19.2 Å². The molecular formula is C39H40N10O4S2. The van der Waals surface area contributed by atoms with E-state index in [-0.39, 0.29) is 12.1 Å². The van der Waals surface area contributed by atoms with Crippen LogP contribution in [0.15, 0.2) is 94.9 Å². The van der Waals surface area contributed by atoms with Crippen LogP contribution in [0.1, 0.15) is 24.0 Å². The van der Waals surface area contributed by atoms with Gasteiger partial charge in [0, 0.05) is 63.0 Å². The number of aliphatic imine (C=N–C) groups is 2. The molecule has 5 rings (SSSR count). The standard InChI is InChI=1S/C39H40N10O4S2/c1-48(38(52)46-30-9-3-7-28(22-30)42-24-50)17-5-15-40-36(54)44-32-11-13-34-26(20-32)19-27-21-33(12-14-35(27)34)45-37(55)41-16-6-18-49(2)39(53)47-31-10-4-8-29(23-31)43-25-51/h3-4,7-14,20-23H,5-6,15-19H2,1-2H3,(H,46,52)(H,47,53)(H2,40,44,54)(H2,41,45,55). The van der Waals surface area contributed by atoms with Crippen molar-refractivity contribution in [1.82, 2.24) is 20.4 Å². The molecule has 4 amide bonds. The molecule has 0 aliphatic heterocycles. The van der Waals surface area contributed by atoms with Crippen molar-refractivity contribution in [3.8, 4) is 11.1 Å². The highest BCUT2D eigenvalue weighted by atomic mass is 32.1. The number of carbonyl (C=O) groups is 2. The zero-order chi connectivity index (χ0) is 39.2. The Bertz CT molecular complexity index is 2020. The van der Waals surface area contributed by atoms with Crippen LogP contribution in [0.4, 0.5) is 43.7 Å². The predicted molar refractivity (Wildman–Crippen MR) is 224 cm³/mol. The molecular weight excluding hydrogens is 737 g/mol. The molecule has 0 bridgehead atoms. The number of rotatable bonds is 14. The van der Waals surface area contributed by atoms with Crippen molar-refractivity contribution >= 4 is 93.0 Å². The lowest BCUT2D eigenvalue weighted by Gasteiger charge is -2.18. The van der Waals surface area contributed by atoms with Gasteiger partial charge in [-0.15, -0.1) is 0 Å².